The van der Waals surface area contributed by atoms with Gasteiger partial charge in [-0.2, -0.15) is 0 Å². The molecule has 0 fully saturated rings. The van der Waals surface area contributed by atoms with Gasteiger partial charge in [-0.3, -0.25) is 9.59 Å². The van der Waals surface area contributed by atoms with Crippen molar-refractivity contribution in [2.45, 2.75) is 38.8 Å². The van der Waals surface area contributed by atoms with Crippen molar-refractivity contribution in [3.8, 4) is 5.75 Å². The number of carbonyl (C=O) groups is 2. The second-order valence-electron chi connectivity index (χ2n) is 5.75. The molecule has 0 spiro atoms. The second kappa shape index (κ2) is 8.38. The van der Waals surface area contributed by atoms with Gasteiger partial charge in [-0.05, 0) is 30.0 Å². The minimum absolute atomic E-state index is 0.300. The summed E-state index contributed by atoms with van der Waals surface area (Å²) in [5.74, 6) is 0.0867. The van der Waals surface area contributed by atoms with E-state index in [2.05, 4.69) is 5.32 Å². The first kappa shape index (κ1) is 18.0. The molecule has 0 radical (unpaired) electrons. The molecule has 0 heterocycles. The van der Waals surface area contributed by atoms with Crippen molar-refractivity contribution in [2.24, 2.45) is 17.4 Å². The molecule has 6 nitrogen and oxygen atoms in total. The Morgan fingerprint density at radius 2 is 1.82 bits per heavy atom. The van der Waals surface area contributed by atoms with E-state index in [0.717, 1.165) is 11.3 Å². The topological polar surface area (TPSA) is 107 Å². The van der Waals surface area contributed by atoms with Crippen LogP contribution in [0.25, 0.3) is 0 Å². The van der Waals surface area contributed by atoms with Crippen molar-refractivity contribution in [2.75, 3.05) is 7.11 Å². The van der Waals surface area contributed by atoms with Crippen LogP contribution < -0.4 is 21.5 Å². The molecule has 22 heavy (non-hydrogen) atoms. The molecule has 0 unspecified atom stereocenters. The van der Waals surface area contributed by atoms with Crippen LogP contribution in [0.15, 0.2) is 24.3 Å². The fourth-order valence-electron chi connectivity index (χ4n) is 2.11. The number of ether oxygens (including phenoxy) is 1. The molecule has 2 atom stereocenters. The number of primary amides is 1. The lowest BCUT2D eigenvalue weighted by molar-refractivity contribution is -0.128. The Kier molecular flexibility index (Phi) is 6.85. The van der Waals surface area contributed by atoms with E-state index < -0.39 is 18.0 Å². The molecule has 0 aromatic heterocycles. The zero-order chi connectivity index (χ0) is 16.7. The molecule has 0 saturated heterocycles. The Morgan fingerprint density at radius 3 is 2.27 bits per heavy atom. The SMILES string of the molecule is COc1ccc(C[C@H](NC(=O)[C@@H](N)CC(C)C)C(N)=O)cc1. The number of amides is 2. The quantitative estimate of drug-likeness (QED) is 0.653. The molecule has 0 bridgehead atoms. The van der Waals surface area contributed by atoms with Crippen LogP contribution in [0, 0.1) is 5.92 Å². The molecular formula is C16H25N3O3. The summed E-state index contributed by atoms with van der Waals surface area (Å²) in [6.45, 7) is 3.96. The van der Waals surface area contributed by atoms with Crippen LogP contribution in [0.3, 0.4) is 0 Å². The van der Waals surface area contributed by atoms with E-state index in [9.17, 15) is 9.59 Å². The van der Waals surface area contributed by atoms with E-state index in [1.165, 1.54) is 0 Å². The number of hydrogen-bond acceptors (Lipinski definition) is 4. The summed E-state index contributed by atoms with van der Waals surface area (Å²) in [6.07, 6.45) is 0.874. The maximum absolute atomic E-state index is 12.0. The van der Waals surface area contributed by atoms with Crippen LogP contribution in [0.2, 0.25) is 0 Å². The summed E-state index contributed by atoms with van der Waals surface area (Å²) < 4.78 is 5.08. The summed E-state index contributed by atoms with van der Waals surface area (Å²) in [7, 11) is 1.58. The van der Waals surface area contributed by atoms with Crippen LogP contribution in [0.4, 0.5) is 0 Å². The summed E-state index contributed by atoms with van der Waals surface area (Å²) in [5.41, 5.74) is 12.1. The van der Waals surface area contributed by atoms with Gasteiger partial charge >= 0.3 is 0 Å². The van der Waals surface area contributed by atoms with Gasteiger partial charge in [0.1, 0.15) is 11.8 Å². The molecule has 5 N–H and O–H groups in total. The number of methoxy groups -OCH3 is 1. The zero-order valence-electron chi connectivity index (χ0n) is 13.3. The van der Waals surface area contributed by atoms with Crippen molar-refractivity contribution in [1.29, 1.82) is 0 Å². The Hall–Kier alpha value is -2.08. The first-order chi connectivity index (χ1) is 10.3. The molecule has 0 aliphatic carbocycles. The minimum atomic E-state index is -0.779. The maximum atomic E-state index is 12.0. The monoisotopic (exact) mass is 307 g/mol. The molecule has 6 heteroatoms. The molecule has 0 aliphatic rings. The predicted octanol–water partition coefficient (Wildman–Crippen LogP) is 0.581. The Labute approximate surface area is 131 Å². The van der Waals surface area contributed by atoms with Crippen LogP contribution >= 0.6 is 0 Å². The van der Waals surface area contributed by atoms with Crippen molar-refractivity contribution < 1.29 is 14.3 Å². The summed E-state index contributed by atoms with van der Waals surface area (Å²) in [6, 6.07) is 5.82. The number of benzene rings is 1. The molecule has 2 amide bonds. The smallest absolute Gasteiger partial charge is 0.240 e. The highest BCUT2D eigenvalue weighted by atomic mass is 16.5. The molecule has 0 aliphatic heterocycles. The number of nitrogens with two attached hydrogens (primary N) is 2. The molecular weight excluding hydrogens is 282 g/mol. The highest BCUT2D eigenvalue weighted by Gasteiger charge is 2.22. The van der Waals surface area contributed by atoms with Gasteiger partial charge in [0.15, 0.2) is 0 Å². The van der Waals surface area contributed by atoms with Gasteiger partial charge < -0.3 is 21.5 Å². The van der Waals surface area contributed by atoms with Crippen molar-refractivity contribution in [3.05, 3.63) is 29.8 Å². The first-order valence-electron chi connectivity index (χ1n) is 7.31. The van der Waals surface area contributed by atoms with Crippen LogP contribution in [0.5, 0.6) is 5.75 Å². The molecule has 0 saturated carbocycles. The molecule has 122 valence electrons. The van der Waals surface area contributed by atoms with Crippen LogP contribution in [-0.2, 0) is 16.0 Å². The van der Waals surface area contributed by atoms with Gasteiger partial charge in [0.05, 0.1) is 13.2 Å². The van der Waals surface area contributed by atoms with Crippen LogP contribution in [0.1, 0.15) is 25.8 Å². The van der Waals surface area contributed by atoms with Gasteiger partial charge in [0, 0.05) is 6.42 Å². The highest BCUT2D eigenvalue weighted by molar-refractivity contribution is 5.89. The highest BCUT2D eigenvalue weighted by Crippen LogP contribution is 2.13. The fraction of sp³-hybridized carbons (Fsp3) is 0.500. The number of nitrogens with one attached hydrogen (secondary N) is 1. The van der Waals surface area contributed by atoms with E-state index in [4.69, 9.17) is 16.2 Å². The van der Waals surface area contributed by atoms with Gasteiger partial charge in [0.2, 0.25) is 11.8 Å². The second-order valence-corrected chi connectivity index (χ2v) is 5.75. The van der Waals surface area contributed by atoms with Crippen molar-refractivity contribution >= 4 is 11.8 Å². The Balaban J connectivity index is 2.68. The minimum Gasteiger partial charge on any atom is -0.497 e. The lowest BCUT2D eigenvalue weighted by Crippen LogP contribution is -2.51. The van der Waals surface area contributed by atoms with Gasteiger partial charge in [-0.1, -0.05) is 26.0 Å². The summed E-state index contributed by atoms with van der Waals surface area (Å²) >= 11 is 0. The van der Waals surface area contributed by atoms with Gasteiger partial charge in [-0.15, -0.1) is 0 Å². The number of carbonyl (C=O) groups excluding carboxylic acids is 2. The van der Waals surface area contributed by atoms with E-state index in [1.807, 2.05) is 26.0 Å². The number of hydrogen-bond donors (Lipinski definition) is 3. The number of rotatable bonds is 8. The Morgan fingerprint density at radius 1 is 1.23 bits per heavy atom. The third kappa shape index (κ3) is 5.73. The van der Waals surface area contributed by atoms with Gasteiger partial charge in [-0.25, -0.2) is 0 Å². The van der Waals surface area contributed by atoms with Crippen molar-refractivity contribution in [1.82, 2.24) is 5.32 Å². The lowest BCUT2D eigenvalue weighted by Gasteiger charge is -2.19. The average molecular weight is 307 g/mol. The molecule has 1 aromatic carbocycles. The summed E-state index contributed by atoms with van der Waals surface area (Å²) in [5, 5.41) is 2.63. The fourth-order valence-corrected chi connectivity index (χ4v) is 2.11. The third-order valence-electron chi connectivity index (χ3n) is 3.32. The molecule has 1 rings (SSSR count). The van der Waals surface area contributed by atoms with Crippen LogP contribution in [-0.4, -0.2) is 31.0 Å². The first-order valence-corrected chi connectivity index (χ1v) is 7.31. The zero-order valence-corrected chi connectivity index (χ0v) is 13.3. The molecule has 1 aromatic rings. The maximum Gasteiger partial charge on any atom is 0.240 e. The summed E-state index contributed by atoms with van der Waals surface area (Å²) in [4.78, 5) is 23.6. The normalized spacial score (nSPS) is 13.5. The van der Waals surface area contributed by atoms with E-state index in [0.29, 0.717) is 18.8 Å². The van der Waals surface area contributed by atoms with Crippen molar-refractivity contribution in [3.63, 3.8) is 0 Å². The third-order valence-corrected chi connectivity index (χ3v) is 3.32. The average Bonchev–Trinajstić information content (AvgIpc) is 2.46. The van der Waals surface area contributed by atoms with E-state index in [1.54, 1.807) is 19.2 Å². The Bertz CT molecular complexity index is 500. The predicted molar refractivity (Wildman–Crippen MR) is 85.3 cm³/mol. The standard InChI is InChI=1S/C16H25N3O3/c1-10(2)8-13(17)16(21)19-14(15(18)20)9-11-4-6-12(22-3)7-5-11/h4-7,10,13-14H,8-9,17H2,1-3H3,(H2,18,20)(H,19,21)/t13-,14-/m0/s1. The van der Waals surface area contributed by atoms with E-state index in [-0.39, 0.29) is 5.91 Å². The van der Waals surface area contributed by atoms with E-state index >= 15 is 0 Å². The van der Waals surface area contributed by atoms with Gasteiger partial charge in [0.25, 0.3) is 0 Å². The largest absolute Gasteiger partial charge is 0.497 e. The lowest BCUT2D eigenvalue weighted by atomic mass is 10.0.